The number of fused-ring (bicyclic) bond motifs is 6. The molecule has 0 atom stereocenters. The summed E-state index contributed by atoms with van der Waals surface area (Å²) in [7, 11) is -2.12. The van der Waals surface area contributed by atoms with Crippen molar-refractivity contribution < 1.29 is 0 Å². The molecule has 0 aromatic heterocycles. The minimum atomic E-state index is -2.12. The van der Waals surface area contributed by atoms with E-state index >= 15 is 0 Å². The molecule has 3 N–H and O–H groups in total. The van der Waals surface area contributed by atoms with Crippen molar-refractivity contribution >= 4 is 52.8 Å². The first-order valence-corrected chi connectivity index (χ1v) is 16.9. The Kier molecular flexibility index (Phi) is 6.59. The van der Waals surface area contributed by atoms with Crippen LogP contribution < -0.4 is 31.3 Å². The van der Waals surface area contributed by atoms with Crippen molar-refractivity contribution in [2.75, 3.05) is 41.3 Å². The summed E-state index contributed by atoms with van der Waals surface area (Å²) in [6.07, 6.45) is 0. The number of anilines is 3. The lowest BCUT2D eigenvalue weighted by atomic mass is 9.74. The Bertz CT molecular complexity index is 1280. The molecule has 0 radical (unpaired) electrons. The molecule has 194 valence electrons. The van der Waals surface area contributed by atoms with E-state index in [1.807, 2.05) is 0 Å². The van der Waals surface area contributed by atoms with Crippen molar-refractivity contribution in [2.24, 2.45) is 5.84 Å². The Hall–Kier alpha value is -2.87. The van der Waals surface area contributed by atoms with Crippen LogP contribution >= 0.6 is 12.2 Å². The van der Waals surface area contributed by atoms with Gasteiger partial charge in [0.2, 0.25) is 0 Å². The quantitative estimate of drug-likeness (QED) is 0.274. The van der Waals surface area contributed by atoms with E-state index in [2.05, 4.69) is 117 Å². The summed E-state index contributed by atoms with van der Waals surface area (Å²) in [5, 5.41) is 8.59. The minimum absolute atomic E-state index is 0.539. The molecule has 0 fully saturated rings. The van der Waals surface area contributed by atoms with Crippen LogP contribution in [0.4, 0.5) is 17.1 Å². The zero-order valence-corrected chi connectivity index (χ0v) is 24.7. The maximum absolute atomic E-state index is 7.05. The van der Waals surface area contributed by atoms with Gasteiger partial charge in [0.05, 0.1) is 0 Å². The summed E-state index contributed by atoms with van der Waals surface area (Å²) < 4.78 is 0. The van der Waals surface area contributed by atoms with Crippen LogP contribution in [-0.4, -0.2) is 44.4 Å². The van der Waals surface area contributed by atoms with Crippen LogP contribution in [0.2, 0.25) is 13.1 Å². The number of nitrogens with two attached hydrogens (primary N) is 1. The molecule has 0 saturated carbocycles. The molecule has 0 amide bonds. The maximum Gasteiger partial charge on any atom is 0.189 e. The number of hydrazine groups is 1. The van der Waals surface area contributed by atoms with Gasteiger partial charge in [0, 0.05) is 48.8 Å². The summed E-state index contributed by atoms with van der Waals surface area (Å²) in [5.74, 6) is 7.05. The van der Waals surface area contributed by atoms with Crippen LogP contribution in [0.5, 0.6) is 0 Å². The molecule has 3 aromatic rings. The molecule has 0 bridgehead atoms. The predicted molar refractivity (Wildman–Crippen MR) is 165 cm³/mol. The highest BCUT2D eigenvalue weighted by molar-refractivity contribution is 7.80. The number of para-hydroxylation sites is 1. The van der Waals surface area contributed by atoms with Crippen molar-refractivity contribution in [2.45, 2.75) is 46.3 Å². The van der Waals surface area contributed by atoms with E-state index < -0.39 is 13.6 Å². The van der Waals surface area contributed by atoms with Gasteiger partial charge in [-0.15, -0.1) is 0 Å². The monoisotopic (exact) mass is 529 g/mol. The van der Waals surface area contributed by atoms with Gasteiger partial charge in [0.1, 0.15) is 13.6 Å². The molecule has 3 aromatic carbocycles. The molecule has 5 rings (SSSR count). The number of hydrogen-bond donors (Lipinski definition) is 2. The second kappa shape index (κ2) is 9.46. The van der Waals surface area contributed by atoms with E-state index in [-0.39, 0.29) is 0 Å². The molecule has 0 aliphatic carbocycles. The van der Waals surface area contributed by atoms with Crippen LogP contribution in [0.3, 0.4) is 0 Å². The summed E-state index contributed by atoms with van der Waals surface area (Å²) in [5.41, 5.74) is 6.52. The summed E-state index contributed by atoms with van der Waals surface area (Å²) in [4.78, 5) is 4.86. The van der Waals surface area contributed by atoms with E-state index in [1.54, 1.807) is 5.01 Å². The number of nitrogens with zero attached hydrogens (tertiary/aromatic N) is 3. The lowest BCUT2D eigenvalue weighted by Gasteiger charge is -2.53. The molecule has 0 saturated heterocycles. The van der Waals surface area contributed by atoms with E-state index in [1.165, 1.54) is 32.9 Å². The van der Waals surface area contributed by atoms with Crippen LogP contribution in [0.15, 0.2) is 60.7 Å². The zero-order valence-electron chi connectivity index (χ0n) is 22.9. The molecule has 2 heterocycles. The highest BCUT2D eigenvalue weighted by Crippen LogP contribution is 2.49. The van der Waals surface area contributed by atoms with Gasteiger partial charge in [0.25, 0.3) is 0 Å². The third-order valence-corrected chi connectivity index (χ3v) is 12.3. The van der Waals surface area contributed by atoms with Gasteiger partial charge in [-0.2, -0.15) is 0 Å². The standard InChI is InChI=1S/C30H39N5SSi/c1-7-33(8-2)21-15-17-24-27(19-21)37(5,6)28-20-22(34(9-3)10-4)16-18-25(28)30(24)23-13-11-12-14-26(23)32-29(36)35(30)31/h11-20H,7-10,31H2,1-6H3,(H,32,36). The highest BCUT2D eigenvalue weighted by Gasteiger charge is 2.55. The van der Waals surface area contributed by atoms with Crippen LogP contribution in [0.25, 0.3) is 0 Å². The molecular formula is C30H39N5SSi. The number of hydrogen-bond acceptors (Lipinski definition) is 4. The number of nitrogens with one attached hydrogen (secondary N) is 1. The first-order chi connectivity index (χ1) is 17.7. The number of benzene rings is 3. The van der Waals surface area contributed by atoms with Crippen LogP contribution in [0.1, 0.15) is 44.4 Å². The first kappa shape index (κ1) is 25.8. The smallest absolute Gasteiger partial charge is 0.189 e. The Morgan fingerprint density at radius 1 is 0.784 bits per heavy atom. The minimum Gasteiger partial charge on any atom is -0.372 e. The fourth-order valence-electron chi connectivity index (χ4n) is 6.51. The van der Waals surface area contributed by atoms with Crippen molar-refractivity contribution in [1.29, 1.82) is 0 Å². The molecule has 2 aliphatic heterocycles. The normalized spacial score (nSPS) is 16.5. The average Bonchev–Trinajstić information content (AvgIpc) is 2.91. The van der Waals surface area contributed by atoms with E-state index in [0.717, 1.165) is 37.4 Å². The maximum atomic E-state index is 7.05. The molecule has 0 unspecified atom stereocenters. The van der Waals surface area contributed by atoms with Crippen molar-refractivity contribution in [1.82, 2.24) is 5.01 Å². The fourth-order valence-corrected chi connectivity index (χ4v) is 9.94. The fraction of sp³-hybridized carbons (Fsp3) is 0.367. The van der Waals surface area contributed by atoms with Gasteiger partial charge in [-0.3, -0.25) is 5.01 Å². The summed E-state index contributed by atoms with van der Waals surface area (Å²) in [6.45, 7) is 17.8. The predicted octanol–water partition coefficient (Wildman–Crippen LogP) is 4.69. The topological polar surface area (TPSA) is 47.8 Å². The molecule has 37 heavy (non-hydrogen) atoms. The summed E-state index contributed by atoms with van der Waals surface area (Å²) >= 11 is 5.87. The number of thiocarbonyl (C=S) groups is 1. The SMILES string of the molecule is CCN(CC)c1ccc2c(c1)[Si](C)(C)c1cc(N(CC)CC)ccc1C21c2ccccc2NC(=S)N1N. The Balaban J connectivity index is 1.91. The van der Waals surface area contributed by atoms with Crippen LogP contribution in [-0.2, 0) is 5.54 Å². The van der Waals surface area contributed by atoms with E-state index in [0.29, 0.717) is 5.11 Å². The molecule has 2 aliphatic rings. The first-order valence-electron chi connectivity index (χ1n) is 13.5. The lowest BCUT2D eigenvalue weighted by Crippen LogP contribution is -2.70. The lowest BCUT2D eigenvalue weighted by molar-refractivity contribution is 0.274. The van der Waals surface area contributed by atoms with Crippen molar-refractivity contribution in [3.05, 3.63) is 77.4 Å². The van der Waals surface area contributed by atoms with Gasteiger partial charge < -0.3 is 15.1 Å². The van der Waals surface area contributed by atoms with Crippen molar-refractivity contribution in [3.63, 3.8) is 0 Å². The van der Waals surface area contributed by atoms with E-state index in [4.69, 9.17) is 18.1 Å². The Morgan fingerprint density at radius 3 is 1.76 bits per heavy atom. The van der Waals surface area contributed by atoms with Gasteiger partial charge in [0.15, 0.2) is 5.11 Å². The molecule has 7 heteroatoms. The Labute approximate surface area is 228 Å². The largest absolute Gasteiger partial charge is 0.372 e. The summed E-state index contributed by atoms with van der Waals surface area (Å²) in [6, 6.07) is 22.6. The number of rotatable bonds is 6. The highest BCUT2D eigenvalue weighted by atomic mass is 32.1. The van der Waals surface area contributed by atoms with Crippen LogP contribution in [0, 0.1) is 0 Å². The van der Waals surface area contributed by atoms with Gasteiger partial charge in [-0.05, 0) is 91.7 Å². The third-order valence-electron chi connectivity index (χ3n) is 8.53. The van der Waals surface area contributed by atoms with E-state index in [9.17, 15) is 0 Å². The molecular weight excluding hydrogens is 491 g/mol. The van der Waals surface area contributed by atoms with Gasteiger partial charge >= 0.3 is 0 Å². The molecule has 1 spiro atoms. The second-order valence-electron chi connectivity index (χ2n) is 10.5. The molecule has 5 nitrogen and oxygen atoms in total. The van der Waals surface area contributed by atoms with Gasteiger partial charge in [-0.25, -0.2) is 5.84 Å². The van der Waals surface area contributed by atoms with Crippen molar-refractivity contribution in [3.8, 4) is 0 Å². The average molecular weight is 530 g/mol. The second-order valence-corrected chi connectivity index (χ2v) is 15.2. The zero-order chi connectivity index (χ0) is 26.5. The third kappa shape index (κ3) is 3.62. The van der Waals surface area contributed by atoms with Gasteiger partial charge in [-0.1, -0.05) is 43.4 Å². The Morgan fingerprint density at radius 2 is 1.27 bits per heavy atom.